The number of aryl methyl sites for hydroxylation is 2. The van der Waals surface area contributed by atoms with Crippen molar-refractivity contribution < 1.29 is 0 Å². The second kappa shape index (κ2) is 11.0. The van der Waals surface area contributed by atoms with Crippen molar-refractivity contribution in [3.8, 4) is 0 Å². The summed E-state index contributed by atoms with van der Waals surface area (Å²) in [6.07, 6.45) is 1.96. The van der Waals surface area contributed by atoms with Gasteiger partial charge in [0, 0.05) is 17.8 Å². The van der Waals surface area contributed by atoms with Crippen LogP contribution in [0, 0.1) is 19.8 Å². The molecule has 0 fully saturated rings. The predicted octanol–water partition coefficient (Wildman–Crippen LogP) is 6.54. The van der Waals surface area contributed by atoms with E-state index in [2.05, 4.69) is 69.1 Å². The number of pyridine rings is 1. The van der Waals surface area contributed by atoms with Gasteiger partial charge in [0.1, 0.15) is 0 Å². The van der Waals surface area contributed by atoms with E-state index in [1.165, 1.54) is 22.4 Å². The van der Waals surface area contributed by atoms with Gasteiger partial charge in [0.2, 0.25) is 0 Å². The molecule has 22 heavy (non-hydrogen) atoms. The third kappa shape index (κ3) is 6.01. The topological polar surface area (TPSA) is 12.9 Å². The molecule has 2 aromatic rings. The van der Waals surface area contributed by atoms with Crippen molar-refractivity contribution in [1.82, 2.24) is 4.98 Å². The molecule has 0 bridgehead atoms. The smallest absolute Gasteiger partial charge is 0.0481 e. The Morgan fingerprint density at radius 3 is 1.64 bits per heavy atom. The molecular weight excluding hydrogens is 266 g/mol. The van der Waals surface area contributed by atoms with Gasteiger partial charge in [0.25, 0.3) is 0 Å². The van der Waals surface area contributed by atoms with Gasteiger partial charge in [-0.05, 0) is 37.0 Å². The van der Waals surface area contributed by atoms with Crippen molar-refractivity contribution in [2.45, 2.75) is 61.3 Å². The summed E-state index contributed by atoms with van der Waals surface area (Å²) in [5.41, 5.74) is 5.04. The van der Waals surface area contributed by atoms with Crippen molar-refractivity contribution in [3.63, 3.8) is 0 Å². The molecule has 0 saturated carbocycles. The molecule has 1 aromatic heterocycles. The maximum atomic E-state index is 4.60. The highest BCUT2D eigenvalue weighted by atomic mass is 14.7. The predicted molar refractivity (Wildman–Crippen MR) is 99.5 cm³/mol. The van der Waals surface area contributed by atoms with E-state index < -0.39 is 0 Å². The van der Waals surface area contributed by atoms with Crippen LogP contribution in [-0.4, -0.2) is 4.98 Å². The van der Waals surface area contributed by atoms with Crippen LogP contribution in [-0.2, 0) is 0 Å². The highest BCUT2D eigenvalue weighted by Crippen LogP contribution is 2.30. The lowest BCUT2D eigenvalue weighted by Gasteiger charge is -2.21. The number of hydrogen-bond donors (Lipinski definition) is 0. The largest absolute Gasteiger partial charge is 0.260 e. The first-order valence-corrected chi connectivity index (χ1v) is 8.57. The van der Waals surface area contributed by atoms with Crippen LogP contribution in [0.3, 0.4) is 0 Å². The molecule has 0 radical (unpaired) electrons. The summed E-state index contributed by atoms with van der Waals surface area (Å²) in [5.74, 6) is 0.925. The molecule has 2 rings (SSSR count). The minimum absolute atomic E-state index is 0.381. The quantitative estimate of drug-likeness (QED) is 0.627. The lowest BCUT2D eigenvalue weighted by Crippen LogP contribution is -2.10. The number of rotatable bonds is 3. The monoisotopic (exact) mass is 299 g/mol. The van der Waals surface area contributed by atoms with E-state index in [1.54, 1.807) is 0 Å². The Morgan fingerprint density at radius 2 is 1.23 bits per heavy atom. The van der Waals surface area contributed by atoms with Crippen molar-refractivity contribution >= 4 is 0 Å². The number of nitrogens with zero attached hydrogens (tertiary/aromatic N) is 1. The molecular formula is C21H33N. The zero-order valence-electron chi connectivity index (χ0n) is 15.6. The van der Waals surface area contributed by atoms with Crippen molar-refractivity contribution in [1.29, 1.82) is 0 Å². The minimum Gasteiger partial charge on any atom is -0.260 e. The lowest BCUT2D eigenvalue weighted by molar-refractivity contribution is 0.552. The Labute approximate surface area is 137 Å². The number of benzene rings is 1. The first kappa shape index (κ1) is 20.4. The van der Waals surface area contributed by atoms with E-state index in [0.29, 0.717) is 11.8 Å². The van der Waals surface area contributed by atoms with Crippen LogP contribution in [0.1, 0.15) is 69.8 Å². The van der Waals surface area contributed by atoms with Gasteiger partial charge in [0.15, 0.2) is 0 Å². The lowest BCUT2D eigenvalue weighted by atomic mass is 9.85. The maximum absolute atomic E-state index is 4.60. The second-order valence-electron chi connectivity index (χ2n) is 5.39. The highest BCUT2D eigenvalue weighted by Gasteiger charge is 2.19. The maximum Gasteiger partial charge on any atom is 0.0481 e. The Kier molecular flexibility index (Phi) is 10.2. The fourth-order valence-electron chi connectivity index (χ4n) is 2.33. The van der Waals surface area contributed by atoms with Crippen LogP contribution in [0.2, 0.25) is 0 Å². The van der Waals surface area contributed by atoms with E-state index in [-0.39, 0.29) is 0 Å². The first-order valence-electron chi connectivity index (χ1n) is 8.57. The molecule has 0 aliphatic carbocycles. The number of aromatic nitrogens is 1. The summed E-state index contributed by atoms with van der Waals surface area (Å²) in [7, 11) is 0. The van der Waals surface area contributed by atoms with Crippen molar-refractivity contribution in [3.05, 3.63) is 65.0 Å². The average molecular weight is 300 g/mol. The third-order valence-electron chi connectivity index (χ3n) is 3.36. The van der Waals surface area contributed by atoms with Crippen LogP contribution >= 0.6 is 0 Å². The van der Waals surface area contributed by atoms with Gasteiger partial charge in [0.05, 0.1) is 0 Å². The molecule has 1 nitrogen and oxygen atoms in total. The van der Waals surface area contributed by atoms with Crippen LogP contribution in [0.15, 0.2) is 42.6 Å². The molecule has 0 amide bonds. The van der Waals surface area contributed by atoms with E-state index in [4.69, 9.17) is 0 Å². The average Bonchev–Trinajstić information content (AvgIpc) is 2.55. The Bertz CT molecular complexity index is 449. The van der Waals surface area contributed by atoms with E-state index in [9.17, 15) is 0 Å². The van der Waals surface area contributed by atoms with E-state index in [0.717, 1.165) is 0 Å². The highest BCUT2D eigenvalue weighted by molar-refractivity contribution is 5.32. The van der Waals surface area contributed by atoms with Gasteiger partial charge < -0.3 is 0 Å². The molecule has 0 N–H and O–H groups in total. The number of hydrogen-bond acceptors (Lipinski definition) is 1. The van der Waals surface area contributed by atoms with Gasteiger partial charge >= 0.3 is 0 Å². The van der Waals surface area contributed by atoms with Gasteiger partial charge in [-0.1, -0.05) is 77.4 Å². The minimum atomic E-state index is 0.381. The zero-order chi connectivity index (χ0) is 17.1. The molecule has 1 unspecified atom stereocenters. The normalized spacial score (nSPS) is 11.0. The molecule has 1 atom stereocenters. The van der Waals surface area contributed by atoms with Gasteiger partial charge in [-0.2, -0.15) is 0 Å². The summed E-state index contributed by atoms with van der Waals surface area (Å²) < 4.78 is 0. The fourth-order valence-corrected chi connectivity index (χ4v) is 2.33. The van der Waals surface area contributed by atoms with Gasteiger partial charge in [-0.25, -0.2) is 0 Å². The molecule has 122 valence electrons. The van der Waals surface area contributed by atoms with E-state index in [1.807, 2.05) is 33.9 Å². The Balaban J connectivity index is 0.00000102. The SMILES string of the molecule is CC.CC.Cc1ccc(C(c2ccc(C)cn2)C(C)C)cc1. The summed E-state index contributed by atoms with van der Waals surface area (Å²) in [6, 6.07) is 13.1. The van der Waals surface area contributed by atoms with Crippen LogP contribution in [0.25, 0.3) is 0 Å². The molecule has 0 spiro atoms. The van der Waals surface area contributed by atoms with Crippen molar-refractivity contribution in [2.75, 3.05) is 0 Å². The van der Waals surface area contributed by atoms with Crippen LogP contribution in [0.4, 0.5) is 0 Å². The van der Waals surface area contributed by atoms with Crippen LogP contribution in [0.5, 0.6) is 0 Å². The van der Waals surface area contributed by atoms with Gasteiger partial charge in [-0.15, -0.1) is 0 Å². The van der Waals surface area contributed by atoms with E-state index >= 15 is 0 Å². The Morgan fingerprint density at radius 1 is 0.727 bits per heavy atom. The molecule has 1 heteroatoms. The fraction of sp³-hybridized carbons (Fsp3) is 0.476. The molecule has 1 heterocycles. The summed E-state index contributed by atoms with van der Waals surface area (Å²) >= 11 is 0. The van der Waals surface area contributed by atoms with Crippen molar-refractivity contribution in [2.24, 2.45) is 5.92 Å². The van der Waals surface area contributed by atoms with Crippen LogP contribution < -0.4 is 0 Å². The Hall–Kier alpha value is -1.63. The summed E-state index contributed by atoms with van der Waals surface area (Å²) in [5, 5.41) is 0. The standard InChI is InChI=1S/C17H21N.2C2H6/c1-12(2)17(15-8-5-13(3)6-9-15)16-10-7-14(4)11-18-16;2*1-2/h5-12,17H,1-4H3;2*1-2H3. The first-order chi connectivity index (χ1) is 10.6. The summed E-state index contributed by atoms with van der Waals surface area (Å²) in [6.45, 7) is 16.7. The molecule has 0 saturated heterocycles. The zero-order valence-corrected chi connectivity index (χ0v) is 15.6. The molecule has 0 aliphatic rings. The molecule has 0 aliphatic heterocycles. The van der Waals surface area contributed by atoms with Gasteiger partial charge in [-0.3, -0.25) is 4.98 Å². The third-order valence-corrected chi connectivity index (χ3v) is 3.36. The second-order valence-corrected chi connectivity index (χ2v) is 5.39. The molecule has 1 aromatic carbocycles. The summed E-state index contributed by atoms with van der Waals surface area (Å²) in [4.78, 5) is 4.60.